The van der Waals surface area contributed by atoms with Gasteiger partial charge in [0.25, 0.3) is 11.6 Å². The molecule has 2 aromatic rings. The largest absolute Gasteiger partial charge is 0.468 e. The third-order valence-corrected chi connectivity index (χ3v) is 2.40. The smallest absolute Gasteiger partial charge is 0.299 e. The highest BCUT2D eigenvalue weighted by Gasteiger charge is 2.11. The number of ether oxygens (including phenoxy) is 1. The Morgan fingerprint density at radius 1 is 1.44 bits per heavy atom. The molecule has 0 amide bonds. The van der Waals surface area contributed by atoms with E-state index in [-0.39, 0.29) is 18.1 Å². The third-order valence-electron chi connectivity index (χ3n) is 2.40. The van der Waals surface area contributed by atoms with E-state index in [4.69, 9.17) is 9.26 Å². The Labute approximate surface area is 103 Å². The van der Waals surface area contributed by atoms with Crippen molar-refractivity contribution >= 4 is 0 Å². The van der Waals surface area contributed by atoms with Crippen molar-refractivity contribution in [2.24, 2.45) is 0 Å². The van der Waals surface area contributed by atoms with Crippen LogP contribution in [0.1, 0.15) is 24.3 Å². The summed E-state index contributed by atoms with van der Waals surface area (Å²) in [5.74, 6) is 0.968. The fourth-order valence-corrected chi connectivity index (χ4v) is 1.54. The second-order valence-corrected chi connectivity index (χ2v) is 3.77. The molecule has 0 unspecified atom stereocenters. The Balaban J connectivity index is 2.36. The average Bonchev–Trinajstić information content (AvgIpc) is 2.80. The molecule has 0 bridgehead atoms. The molecule has 0 spiro atoms. The molecule has 0 aliphatic carbocycles. The highest BCUT2D eigenvalue weighted by molar-refractivity contribution is 5.08. The van der Waals surface area contributed by atoms with Crippen molar-refractivity contribution < 1.29 is 9.26 Å². The van der Waals surface area contributed by atoms with E-state index in [1.165, 1.54) is 17.7 Å². The first-order chi connectivity index (χ1) is 8.63. The van der Waals surface area contributed by atoms with E-state index in [1.54, 1.807) is 6.92 Å². The summed E-state index contributed by atoms with van der Waals surface area (Å²) in [5.41, 5.74) is 0.401. The first-order valence-corrected chi connectivity index (χ1v) is 5.58. The summed E-state index contributed by atoms with van der Waals surface area (Å²) in [6.45, 7) is 3.83. The zero-order valence-electron chi connectivity index (χ0n) is 10.5. The number of methoxy groups -OCH3 is 1. The van der Waals surface area contributed by atoms with E-state index in [0.717, 1.165) is 0 Å². The van der Waals surface area contributed by atoms with E-state index in [0.29, 0.717) is 23.8 Å². The van der Waals surface area contributed by atoms with Crippen molar-refractivity contribution in [3.63, 3.8) is 0 Å². The summed E-state index contributed by atoms with van der Waals surface area (Å²) in [5, 5.41) is 3.79. The number of rotatable bonds is 4. The molecule has 96 valence electrons. The summed E-state index contributed by atoms with van der Waals surface area (Å²) in [7, 11) is 1.46. The molecule has 0 aliphatic rings. The van der Waals surface area contributed by atoms with Crippen LogP contribution in [0.3, 0.4) is 0 Å². The van der Waals surface area contributed by atoms with Gasteiger partial charge in [-0.1, -0.05) is 12.1 Å². The Hall–Kier alpha value is -2.18. The van der Waals surface area contributed by atoms with Crippen LogP contribution >= 0.6 is 0 Å². The zero-order chi connectivity index (χ0) is 13.1. The van der Waals surface area contributed by atoms with Gasteiger partial charge in [0.15, 0.2) is 5.82 Å². The topological polar surface area (TPSA) is 83.0 Å². The molecular weight excluding hydrogens is 236 g/mol. The lowest BCUT2D eigenvalue weighted by atomic mass is 10.4. The van der Waals surface area contributed by atoms with Crippen molar-refractivity contribution in [2.45, 2.75) is 26.8 Å². The fourth-order valence-electron chi connectivity index (χ4n) is 1.54. The predicted molar refractivity (Wildman–Crippen MR) is 62.6 cm³/mol. The first-order valence-electron chi connectivity index (χ1n) is 5.58. The van der Waals surface area contributed by atoms with Crippen LogP contribution in [0, 0.1) is 6.92 Å². The first kappa shape index (κ1) is 12.3. The monoisotopic (exact) mass is 250 g/mol. The predicted octanol–water partition coefficient (Wildman–Crippen LogP) is 0.554. The fraction of sp³-hybridized carbons (Fsp3) is 0.455. The van der Waals surface area contributed by atoms with E-state index in [9.17, 15) is 4.79 Å². The van der Waals surface area contributed by atoms with Crippen LogP contribution in [0.15, 0.2) is 15.4 Å². The highest BCUT2D eigenvalue weighted by atomic mass is 16.5. The van der Waals surface area contributed by atoms with Gasteiger partial charge in [0, 0.05) is 18.2 Å². The minimum absolute atomic E-state index is 0.179. The molecule has 0 atom stereocenters. The van der Waals surface area contributed by atoms with Gasteiger partial charge >= 0.3 is 0 Å². The van der Waals surface area contributed by atoms with Crippen molar-refractivity contribution in [3.8, 4) is 6.01 Å². The average molecular weight is 250 g/mol. The number of aryl methyl sites for hydroxylation is 2. The lowest BCUT2D eigenvalue weighted by Gasteiger charge is -2.08. The van der Waals surface area contributed by atoms with Gasteiger partial charge in [0.2, 0.25) is 5.89 Å². The normalized spacial score (nSPS) is 10.6. The maximum Gasteiger partial charge on any atom is 0.299 e. The van der Waals surface area contributed by atoms with Gasteiger partial charge in [-0.05, 0) is 6.92 Å². The Morgan fingerprint density at radius 3 is 2.83 bits per heavy atom. The SMILES string of the molecule is CCc1nc(Cn2c(OC)nc(C)cc2=O)no1. The molecule has 0 N–H and O–H groups in total. The molecule has 0 fully saturated rings. The Bertz CT molecular complexity index is 603. The van der Waals surface area contributed by atoms with Crippen LogP contribution in [-0.4, -0.2) is 26.8 Å². The second-order valence-electron chi connectivity index (χ2n) is 3.77. The summed E-state index contributed by atoms with van der Waals surface area (Å²) in [6, 6.07) is 1.67. The molecule has 2 heterocycles. The minimum atomic E-state index is -0.206. The van der Waals surface area contributed by atoms with Gasteiger partial charge in [-0.15, -0.1) is 0 Å². The molecule has 0 aromatic carbocycles. The standard InChI is InChI=1S/C11H14N4O3/c1-4-9-13-8(14-18-9)6-15-10(16)5-7(2)12-11(15)17-3/h5H,4,6H2,1-3H3. The molecule has 7 heteroatoms. The molecule has 7 nitrogen and oxygen atoms in total. The van der Waals surface area contributed by atoms with Crippen molar-refractivity contribution in [3.05, 3.63) is 33.8 Å². The van der Waals surface area contributed by atoms with Crippen molar-refractivity contribution in [2.75, 3.05) is 7.11 Å². The van der Waals surface area contributed by atoms with Gasteiger partial charge in [0.1, 0.15) is 0 Å². The molecule has 2 aromatic heterocycles. The van der Waals surface area contributed by atoms with Gasteiger partial charge in [-0.2, -0.15) is 4.98 Å². The summed E-state index contributed by atoms with van der Waals surface area (Å²) in [4.78, 5) is 20.1. The van der Waals surface area contributed by atoms with Crippen LogP contribution < -0.4 is 10.3 Å². The molecule has 0 radical (unpaired) electrons. The van der Waals surface area contributed by atoms with Crippen LogP contribution in [0.2, 0.25) is 0 Å². The third kappa shape index (κ3) is 2.39. The lowest BCUT2D eigenvalue weighted by molar-refractivity contribution is 0.344. The van der Waals surface area contributed by atoms with Crippen LogP contribution in [0.4, 0.5) is 0 Å². The zero-order valence-corrected chi connectivity index (χ0v) is 10.5. The summed E-state index contributed by atoms with van der Waals surface area (Å²) >= 11 is 0. The quantitative estimate of drug-likeness (QED) is 0.788. The van der Waals surface area contributed by atoms with E-state index >= 15 is 0 Å². The summed E-state index contributed by atoms with van der Waals surface area (Å²) < 4.78 is 11.4. The Kier molecular flexibility index (Phi) is 3.40. The van der Waals surface area contributed by atoms with Gasteiger partial charge < -0.3 is 9.26 Å². The molecule has 18 heavy (non-hydrogen) atoms. The van der Waals surface area contributed by atoms with Crippen LogP contribution in [0.5, 0.6) is 6.01 Å². The van der Waals surface area contributed by atoms with E-state index in [1.807, 2.05) is 6.92 Å². The maximum absolute atomic E-state index is 11.9. The maximum atomic E-state index is 11.9. The molecule has 0 saturated heterocycles. The van der Waals surface area contributed by atoms with Gasteiger partial charge in [-0.3, -0.25) is 9.36 Å². The molecule has 0 saturated carbocycles. The minimum Gasteiger partial charge on any atom is -0.468 e. The van der Waals surface area contributed by atoms with Gasteiger partial charge in [0.05, 0.1) is 13.7 Å². The molecule has 0 aliphatic heterocycles. The number of aromatic nitrogens is 4. The van der Waals surface area contributed by atoms with Crippen molar-refractivity contribution in [1.29, 1.82) is 0 Å². The van der Waals surface area contributed by atoms with Crippen molar-refractivity contribution in [1.82, 2.24) is 19.7 Å². The number of hydrogen-bond acceptors (Lipinski definition) is 6. The number of hydrogen-bond donors (Lipinski definition) is 0. The number of nitrogens with zero attached hydrogens (tertiary/aromatic N) is 4. The van der Waals surface area contributed by atoms with E-state index < -0.39 is 0 Å². The Morgan fingerprint density at radius 2 is 2.22 bits per heavy atom. The second kappa shape index (κ2) is 4.99. The van der Waals surface area contributed by atoms with Gasteiger partial charge in [-0.25, -0.2) is 4.98 Å². The summed E-state index contributed by atoms with van der Waals surface area (Å²) in [6.07, 6.45) is 0.658. The highest BCUT2D eigenvalue weighted by Crippen LogP contribution is 2.07. The van der Waals surface area contributed by atoms with Crippen LogP contribution in [-0.2, 0) is 13.0 Å². The molecular formula is C11H14N4O3. The van der Waals surface area contributed by atoms with E-state index in [2.05, 4.69) is 15.1 Å². The lowest BCUT2D eigenvalue weighted by Crippen LogP contribution is -2.23. The molecule has 2 rings (SSSR count). The van der Waals surface area contributed by atoms with Crippen LogP contribution in [0.25, 0.3) is 0 Å².